The fourth-order valence-corrected chi connectivity index (χ4v) is 3.28. The van der Waals surface area contributed by atoms with E-state index in [1.165, 1.54) is 0 Å². The van der Waals surface area contributed by atoms with E-state index in [4.69, 9.17) is 0 Å². The van der Waals surface area contributed by atoms with Gasteiger partial charge in [-0.1, -0.05) is 6.92 Å². The summed E-state index contributed by atoms with van der Waals surface area (Å²) >= 11 is 0. The second-order valence-corrected chi connectivity index (χ2v) is 5.94. The summed E-state index contributed by atoms with van der Waals surface area (Å²) in [5, 5.41) is 2.72. The Bertz CT molecular complexity index is 276. The zero-order valence-corrected chi connectivity index (χ0v) is 8.91. The second kappa shape index (κ2) is 4.10. The number of nitrogens with one attached hydrogen (secondary N) is 1. The molecule has 1 rings (SSSR count). The zero-order chi connectivity index (χ0) is 10.8. The molecule has 84 valence electrons. The first-order chi connectivity index (χ1) is 6.42. The van der Waals surface area contributed by atoms with Crippen molar-refractivity contribution in [3.8, 4) is 0 Å². The van der Waals surface area contributed by atoms with E-state index in [-0.39, 0.29) is 24.3 Å². The van der Waals surface area contributed by atoms with Crippen molar-refractivity contribution >= 4 is 9.84 Å². The molecule has 0 amide bonds. The summed E-state index contributed by atoms with van der Waals surface area (Å²) in [6.45, 7) is 2.18. The van der Waals surface area contributed by atoms with Gasteiger partial charge in [-0.05, 0) is 19.4 Å². The Balaban J connectivity index is 2.74. The molecule has 0 aliphatic carbocycles. The van der Waals surface area contributed by atoms with Gasteiger partial charge in [0.25, 0.3) is 6.43 Å². The number of hydrogen-bond acceptors (Lipinski definition) is 3. The fraction of sp³-hybridized carbons (Fsp3) is 1.00. The summed E-state index contributed by atoms with van der Waals surface area (Å²) in [4.78, 5) is 0. The SMILES string of the molecule is CCNC1(C(F)F)CCS(=O)(=O)CC1. The average molecular weight is 227 g/mol. The highest BCUT2D eigenvalue weighted by Crippen LogP contribution is 2.29. The molecule has 0 atom stereocenters. The van der Waals surface area contributed by atoms with Crippen LogP contribution in [0.1, 0.15) is 19.8 Å². The molecule has 0 saturated carbocycles. The van der Waals surface area contributed by atoms with Gasteiger partial charge in [0, 0.05) is 0 Å². The molecule has 0 bridgehead atoms. The van der Waals surface area contributed by atoms with Crippen LogP contribution in [0.15, 0.2) is 0 Å². The van der Waals surface area contributed by atoms with Crippen molar-refractivity contribution in [3.63, 3.8) is 0 Å². The van der Waals surface area contributed by atoms with Gasteiger partial charge in [-0.2, -0.15) is 0 Å². The molecule has 1 fully saturated rings. The summed E-state index contributed by atoms with van der Waals surface area (Å²) in [5.74, 6) is -0.269. The predicted octanol–water partition coefficient (Wildman–Crippen LogP) is 0.808. The van der Waals surface area contributed by atoms with Gasteiger partial charge in [0.15, 0.2) is 0 Å². The van der Waals surface area contributed by atoms with E-state index in [0.717, 1.165) is 0 Å². The molecular weight excluding hydrogens is 212 g/mol. The third kappa shape index (κ3) is 2.42. The molecule has 0 aromatic rings. The molecule has 14 heavy (non-hydrogen) atoms. The van der Waals surface area contributed by atoms with Crippen LogP contribution in [0.5, 0.6) is 0 Å². The van der Waals surface area contributed by atoms with Gasteiger partial charge < -0.3 is 5.32 Å². The van der Waals surface area contributed by atoms with Gasteiger partial charge >= 0.3 is 0 Å². The third-order valence-electron chi connectivity index (χ3n) is 2.66. The lowest BCUT2D eigenvalue weighted by atomic mass is 9.93. The van der Waals surface area contributed by atoms with Crippen LogP contribution in [0.25, 0.3) is 0 Å². The lowest BCUT2D eigenvalue weighted by Crippen LogP contribution is -2.55. The first-order valence-corrected chi connectivity index (χ1v) is 6.47. The van der Waals surface area contributed by atoms with Crippen LogP contribution in [0, 0.1) is 0 Å². The van der Waals surface area contributed by atoms with Crippen LogP contribution in [0.3, 0.4) is 0 Å². The van der Waals surface area contributed by atoms with Crippen LogP contribution >= 0.6 is 0 Å². The van der Waals surface area contributed by atoms with Gasteiger partial charge in [0.2, 0.25) is 0 Å². The number of alkyl halides is 2. The van der Waals surface area contributed by atoms with Crippen LogP contribution in [0.2, 0.25) is 0 Å². The zero-order valence-electron chi connectivity index (χ0n) is 8.09. The predicted molar refractivity (Wildman–Crippen MR) is 50.3 cm³/mol. The monoisotopic (exact) mass is 227 g/mol. The van der Waals surface area contributed by atoms with E-state index in [1.54, 1.807) is 6.92 Å². The van der Waals surface area contributed by atoms with Crippen molar-refractivity contribution in [1.29, 1.82) is 0 Å². The average Bonchev–Trinajstić information content (AvgIpc) is 2.09. The van der Waals surface area contributed by atoms with Gasteiger partial charge in [0.05, 0.1) is 17.0 Å². The maximum Gasteiger partial charge on any atom is 0.256 e. The molecule has 1 aliphatic heterocycles. The Hall–Kier alpha value is -0.230. The van der Waals surface area contributed by atoms with E-state index in [0.29, 0.717) is 6.54 Å². The Morgan fingerprint density at radius 2 is 1.86 bits per heavy atom. The van der Waals surface area contributed by atoms with Crippen LogP contribution in [0.4, 0.5) is 8.78 Å². The summed E-state index contributed by atoms with van der Waals surface area (Å²) < 4.78 is 47.7. The minimum atomic E-state index is -3.08. The Labute approximate surface area is 82.8 Å². The highest BCUT2D eigenvalue weighted by molar-refractivity contribution is 7.91. The van der Waals surface area contributed by atoms with E-state index in [1.807, 2.05) is 0 Å². The number of hydrogen-bond donors (Lipinski definition) is 1. The van der Waals surface area contributed by atoms with Crippen LogP contribution in [-0.2, 0) is 9.84 Å². The normalized spacial score (nSPS) is 25.1. The topological polar surface area (TPSA) is 46.2 Å². The second-order valence-electron chi connectivity index (χ2n) is 3.64. The number of halogens is 2. The molecule has 1 aliphatic rings. The van der Waals surface area contributed by atoms with Crippen LogP contribution in [-0.4, -0.2) is 38.4 Å². The molecule has 1 heterocycles. The molecule has 0 aromatic carbocycles. The maximum absolute atomic E-state index is 12.8. The highest BCUT2D eigenvalue weighted by Gasteiger charge is 2.43. The highest BCUT2D eigenvalue weighted by atomic mass is 32.2. The van der Waals surface area contributed by atoms with Crippen molar-refractivity contribution in [2.75, 3.05) is 18.1 Å². The van der Waals surface area contributed by atoms with E-state index in [9.17, 15) is 17.2 Å². The number of rotatable bonds is 3. The summed E-state index contributed by atoms with van der Waals surface area (Å²) in [6, 6.07) is 0. The summed E-state index contributed by atoms with van der Waals surface area (Å²) in [5.41, 5.74) is -1.28. The van der Waals surface area contributed by atoms with Crippen LogP contribution < -0.4 is 5.32 Å². The molecule has 0 spiro atoms. The molecule has 0 aromatic heterocycles. The molecule has 3 nitrogen and oxygen atoms in total. The largest absolute Gasteiger partial charge is 0.307 e. The van der Waals surface area contributed by atoms with Gasteiger partial charge in [-0.15, -0.1) is 0 Å². The smallest absolute Gasteiger partial charge is 0.256 e. The van der Waals surface area contributed by atoms with Crippen molar-refractivity contribution in [3.05, 3.63) is 0 Å². The Morgan fingerprint density at radius 1 is 1.36 bits per heavy atom. The van der Waals surface area contributed by atoms with Crippen molar-refractivity contribution in [1.82, 2.24) is 5.32 Å². The van der Waals surface area contributed by atoms with Crippen molar-refractivity contribution in [2.45, 2.75) is 31.7 Å². The molecular formula is C8H15F2NO2S. The minimum Gasteiger partial charge on any atom is -0.307 e. The first-order valence-electron chi connectivity index (χ1n) is 4.65. The van der Waals surface area contributed by atoms with E-state index in [2.05, 4.69) is 5.32 Å². The van der Waals surface area contributed by atoms with E-state index >= 15 is 0 Å². The molecule has 6 heteroatoms. The third-order valence-corrected chi connectivity index (χ3v) is 4.32. The lowest BCUT2D eigenvalue weighted by Gasteiger charge is -2.36. The van der Waals surface area contributed by atoms with E-state index < -0.39 is 21.8 Å². The Kier molecular flexibility index (Phi) is 3.47. The van der Waals surface area contributed by atoms with Gasteiger partial charge in [0.1, 0.15) is 9.84 Å². The van der Waals surface area contributed by atoms with Gasteiger partial charge in [-0.3, -0.25) is 0 Å². The van der Waals surface area contributed by atoms with Crippen molar-refractivity contribution < 1.29 is 17.2 Å². The summed E-state index contributed by atoms with van der Waals surface area (Å²) in [7, 11) is -3.08. The summed E-state index contributed by atoms with van der Waals surface area (Å²) in [6.07, 6.45) is -2.47. The number of sulfone groups is 1. The van der Waals surface area contributed by atoms with Crippen molar-refractivity contribution in [2.24, 2.45) is 0 Å². The molecule has 0 unspecified atom stereocenters. The van der Waals surface area contributed by atoms with Gasteiger partial charge in [-0.25, -0.2) is 17.2 Å². The minimum absolute atomic E-state index is 0.0147. The fourth-order valence-electron chi connectivity index (χ4n) is 1.73. The quantitative estimate of drug-likeness (QED) is 0.776. The Morgan fingerprint density at radius 3 is 2.21 bits per heavy atom. The standard InChI is InChI=1S/C8H15F2NO2S/c1-2-11-8(7(9)10)3-5-14(12,13)6-4-8/h7,11H,2-6H2,1H3. The molecule has 0 radical (unpaired) electrons. The maximum atomic E-state index is 12.8. The molecule has 1 saturated heterocycles. The lowest BCUT2D eigenvalue weighted by molar-refractivity contribution is 0.0243. The first kappa shape index (κ1) is 11.8. The molecule has 1 N–H and O–H groups in total.